The van der Waals surface area contributed by atoms with Gasteiger partial charge in [0.2, 0.25) is 5.91 Å². The molecule has 6 heteroatoms. The van der Waals surface area contributed by atoms with Gasteiger partial charge < -0.3 is 5.32 Å². The van der Waals surface area contributed by atoms with Crippen LogP contribution in [0.15, 0.2) is 53.1 Å². The van der Waals surface area contributed by atoms with Crippen molar-refractivity contribution in [3.8, 4) is 0 Å². The second-order valence-electron chi connectivity index (χ2n) is 4.79. The number of para-hydroxylation sites is 1. The minimum atomic E-state index is 0.00796. The van der Waals surface area contributed by atoms with Crippen LogP contribution in [0, 0.1) is 0 Å². The smallest absolute Gasteiger partial charge is 0.230 e. The number of hydrogen-bond acceptors (Lipinski definition) is 5. The highest BCUT2D eigenvalue weighted by atomic mass is 32.2. The molecular weight excluding hydrogens is 314 g/mol. The van der Waals surface area contributed by atoms with Crippen molar-refractivity contribution in [3.05, 3.63) is 53.0 Å². The fourth-order valence-corrected chi connectivity index (χ4v) is 3.66. The molecule has 1 atom stereocenters. The SMILES string of the molecule is C[C@@H](NC(=O)CSc1ncnc2ccccc12)c1cccs1. The third kappa shape index (κ3) is 3.45. The van der Waals surface area contributed by atoms with E-state index in [2.05, 4.69) is 15.3 Å². The Kier molecular flexibility index (Phi) is 4.70. The molecule has 0 saturated heterocycles. The zero-order chi connectivity index (χ0) is 15.4. The molecule has 0 aliphatic heterocycles. The summed E-state index contributed by atoms with van der Waals surface area (Å²) in [5.41, 5.74) is 0.896. The van der Waals surface area contributed by atoms with Gasteiger partial charge in [-0.1, -0.05) is 36.0 Å². The van der Waals surface area contributed by atoms with Crippen LogP contribution >= 0.6 is 23.1 Å². The van der Waals surface area contributed by atoms with Gasteiger partial charge in [-0.15, -0.1) is 11.3 Å². The summed E-state index contributed by atoms with van der Waals surface area (Å²) >= 11 is 3.08. The second kappa shape index (κ2) is 6.89. The molecule has 1 N–H and O–H groups in total. The molecule has 4 nitrogen and oxygen atoms in total. The van der Waals surface area contributed by atoms with E-state index in [1.54, 1.807) is 11.3 Å². The third-order valence-electron chi connectivity index (χ3n) is 3.19. The van der Waals surface area contributed by atoms with Gasteiger partial charge in [0.1, 0.15) is 11.4 Å². The van der Waals surface area contributed by atoms with Gasteiger partial charge in [-0.25, -0.2) is 9.97 Å². The van der Waals surface area contributed by atoms with Crippen molar-refractivity contribution in [2.75, 3.05) is 5.75 Å². The molecule has 1 amide bonds. The maximum Gasteiger partial charge on any atom is 0.230 e. The molecule has 3 rings (SSSR count). The van der Waals surface area contributed by atoms with Crippen molar-refractivity contribution < 1.29 is 4.79 Å². The summed E-state index contributed by atoms with van der Waals surface area (Å²) in [6.07, 6.45) is 1.54. The Labute approximate surface area is 137 Å². The van der Waals surface area contributed by atoms with Gasteiger partial charge in [0, 0.05) is 10.3 Å². The van der Waals surface area contributed by atoms with Gasteiger partial charge in [-0.05, 0) is 24.4 Å². The number of rotatable bonds is 5. The summed E-state index contributed by atoms with van der Waals surface area (Å²) < 4.78 is 0. The molecule has 0 unspecified atom stereocenters. The fraction of sp³-hybridized carbons (Fsp3) is 0.188. The Morgan fingerprint density at radius 2 is 2.14 bits per heavy atom. The van der Waals surface area contributed by atoms with Gasteiger partial charge >= 0.3 is 0 Å². The lowest BCUT2D eigenvalue weighted by atomic mass is 10.2. The lowest BCUT2D eigenvalue weighted by Crippen LogP contribution is -2.27. The Bertz CT molecular complexity index is 769. The van der Waals surface area contributed by atoms with E-state index in [4.69, 9.17) is 0 Å². The van der Waals surface area contributed by atoms with E-state index in [1.165, 1.54) is 18.1 Å². The average Bonchev–Trinajstić information content (AvgIpc) is 3.07. The first-order chi connectivity index (χ1) is 10.7. The van der Waals surface area contributed by atoms with Crippen LogP contribution in [0.4, 0.5) is 0 Å². The first kappa shape index (κ1) is 15.0. The molecule has 0 fully saturated rings. The largest absolute Gasteiger partial charge is 0.348 e. The lowest BCUT2D eigenvalue weighted by Gasteiger charge is -2.12. The van der Waals surface area contributed by atoms with Crippen molar-refractivity contribution in [1.82, 2.24) is 15.3 Å². The minimum absolute atomic E-state index is 0.00796. The van der Waals surface area contributed by atoms with Crippen molar-refractivity contribution in [1.29, 1.82) is 0 Å². The molecule has 0 aliphatic rings. The van der Waals surface area contributed by atoms with Gasteiger partial charge in [0.05, 0.1) is 17.3 Å². The first-order valence-corrected chi connectivity index (χ1v) is 8.76. The van der Waals surface area contributed by atoms with Crippen molar-refractivity contribution in [2.45, 2.75) is 18.0 Å². The molecule has 0 spiro atoms. The summed E-state index contributed by atoms with van der Waals surface area (Å²) in [5.74, 6) is 0.352. The molecule has 0 bridgehead atoms. The van der Waals surface area contributed by atoms with Crippen molar-refractivity contribution in [3.63, 3.8) is 0 Å². The fourth-order valence-electron chi connectivity index (χ4n) is 2.12. The average molecular weight is 329 g/mol. The van der Waals surface area contributed by atoms with Crippen molar-refractivity contribution >= 4 is 39.9 Å². The van der Waals surface area contributed by atoms with Crippen LogP contribution in [0.5, 0.6) is 0 Å². The molecule has 2 aromatic heterocycles. The van der Waals surface area contributed by atoms with Gasteiger partial charge in [0.25, 0.3) is 0 Å². The van der Waals surface area contributed by atoms with Gasteiger partial charge in [-0.2, -0.15) is 0 Å². The maximum absolute atomic E-state index is 12.1. The van der Waals surface area contributed by atoms with E-state index in [-0.39, 0.29) is 11.9 Å². The number of hydrogen-bond donors (Lipinski definition) is 1. The Hall–Kier alpha value is -1.92. The van der Waals surface area contributed by atoms with Crippen LogP contribution in [0.1, 0.15) is 17.8 Å². The normalized spacial score (nSPS) is 12.2. The number of thiophene rings is 1. The van der Waals surface area contributed by atoms with E-state index in [0.717, 1.165) is 20.8 Å². The highest BCUT2D eigenvalue weighted by molar-refractivity contribution is 8.00. The standard InChI is InChI=1S/C16H15N3OS2/c1-11(14-7-4-8-21-14)19-15(20)9-22-16-12-5-2-3-6-13(12)17-10-18-16/h2-8,10-11H,9H2,1H3,(H,19,20)/t11-/m1/s1. The number of nitrogens with zero attached hydrogens (tertiary/aromatic N) is 2. The molecule has 1 aromatic carbocycles. The van der Waals surface area contributed by atoms with E-state index in [9.17, 15) is 4.79 Å². The van der Waals surface area contributed by atoms with Crippen LogP contribution in [0.2, 0.25) is 0 Å². The number of thioether (sulfide) groups is 1. The molecule has 3 aromatic rings. The minimum Gasteiger partial charge on any atom is -0.348 e. The number of aromatic nitrogens is 2. The summed E-state index contributed by atoms with van der Waals surface area (Å²) in [6, 6.07) is 11.9. The van der Waals surface area contributed by atoms with E-state index in [1.807, 2.05) is 48.7 Å². The monoisotopic (exact) mass is 329 g/mol. The predicted octanol–water partition coefficient (Wildman–Crippen LogP) is 3.66. The molecule has 112 valence electrons. The second-order valence-corrected chi connectivity index (χ2v) is 6.73. The van der Waals surface area contributed by atoms with Crippen LogP contribution in [-0.4, -0.2) is 21.6 Å². The van der Waals surface area contributed by atoms with E-state index < -0.39 is 0 Å². The Balaban J connectivity index is 1.63. The number of carbonyl (C=O) groups is 1. The molecule has 0 radical (unpaired) electrons. The molecular formula is C16H15N3OS2. The summed E-state index contributed by atoms with van der Waals surface area (Å²) in [6.45, 7) is 1.99. The number of benzene rings is 1. The summed E-state index contributed by atoms with van der Waals surface area (Å²) in [7, 11) is 0. The molecule has 22 heavy (non-hydrogen) atoms. The van der Waals surface area contributed by atoms with Crippen LogP contribution in [-0.2, 0) is 4.79 Å². The van der Waals surface area contributed by atoms with Gasteiger partial charge in [-0.3, -0.25) is 4.79 Å². The van der Waals surface area contributed by atoms with E-state index >= 15 is 0 Å². The predicted molar refractivity (Wildman–Crippen MR) is 91.1 cm³/mol. The zero-order valence-corrected chi connectivity index (χ0v) is 13.7. The maximum atomic E-state index is 12.1. The Morgan fingerprint density at radius 3 is 2.95 bits per heavy atom. The summed E-state index contributed by atoms with van der Waals surface area (Å²) in [5, 5.41) is 6.84. The number of nitrogens with one attached hydrogen (secondary N) is 1. The zero-order valence-electron chi connectivity index (χ0n) is 12.0. The van der Waals surface area contributed by atoms with Crippen LogP contribution in [0.3, 0.4) is 0 Å². The van der Waals surface area contributed by atoms with Crippen LogP contribution < -0.4 is 5.32 Å². The molecule has 0 saturated carbocycles. The topological polar surface area (TPSA) is 54.9 Å². The highest BCUT2D eigenvalue weighted by Gasteiger charge is 2.12. The molecule has 2 heterocycles. The lowest BCUT2D eigenvalue weighted by molar-refractivity contribution is -0.119. The third-order valence-corrected chi connectivity index (χ3v) is 5.25. The number of amides is 1. The van der Waals surface area contributed by atoms with Crippen molar-refractivity contribution in [2.24, 2.45) is 0 Å². The highest BCUT2D eigenvalue weighted by Crippen LogP contribution is 2.24. The van der Waals surface area contributed by atoms with Crippen LogP contribution in [0.25, 0.3) is 10.9 Å². The number of carbonyl (C=O) groups excluding carboxylic acids is 1. The Morgan fingerprint density at radius 1 is 1.27 bits per heavy atom. The van der Waals surface area contributed by atoms with Gasteiger partial charge in [0.15, 0.2) is 0 Å². The van der Waals surface area contributed by atoms with E-state index in [0.29, 0.717) is 5.75 Å². The first-order valence-electron chi connectivity index (χ1n) is 6.89. The number of fused-ring (bicyclic) bond motifs is 1. The summed E-state index contributed by atoms with van der Waals surface area (Å²) in [4.78, 5) is 21.8. The quantitative estimate of drug-likeness (QED) is 0.573. The molecule has 0 aliphatic carbocycles.